The number of carboxylic acid groups (broad SMARTS) is 1. The molecule has 1 unspecified atom stereocenters. The number of hydrogen-bond acceptors (Lipinski definition) is 6. The molecule has 138 valence electrons. The van der Waals surface area contributed by atoms with E-state index in [1.54, 1.807) is 23.9 Å². The Labute approximate surface area is 153 Å². The van der Waals surface area contributed by atoms with Crippen molar-refractivity contribution < 1.29 is 19.6 Å². The fourth-order valence-corrected chi connectivity index (χ4v) is 2.72. The van der Waals surface area contributed by atoms with E-state index in [1.165, 1.54) is 10.9 Å². The van der Waals surface area contributed by atoms with Gasteiger partial charge < -0.3 is 10.4 Å². The van der Waals surface area contributed by atoms with Crippen molar-refractivity contribution in [3.05, 3.63) is 52.3 Å². The zero-order chi connectivity index (χ0) is 19.1. The van der Waals surface area contributed by atoms with Gasteiger partial charge in [-0.3, -0.25) is 24.4 Å². The van der Waals surface area contributed by atoms with Crippen LogP contribution in [0.5, 0.6) is 0 Å². The highest BCUT2D eigenvalue weighted by Crippen LogP contribution is 2.21. The van der Waals surface area contributed by atoms with Crippen molar-refractivity contribution in [2.45, 2.75) is 30.3 Å². The highest BCUT2D eigenvalue weighted by atomic mass is 32.2. The molecule has 26 heavy (non-hydrogen) atoms. The normalized spacial score (nSPS) is 11.7. The molecule has 1 aromatic heterocycles. The van der Waals surface area contributed by atoms with E-state index in [9.17, 15) is 19.7 Å². The minimum atomic E-state index is -1.02. The van der Waals surface area contributed by atoms with Crippen LogP contribution in [0.4, 0.5) is 5.69 Å². The van der Waals surface area contributed by atoms with E-state index in [-0.39, 0.29) is 31.0 Å². The molecule has 0 saturated carbocycles. The molecule has 2 aromatic rings. The maximum Gasteiger partial charge on any atom is 0.306 e. The molecular formula is C16H18N4O5S. The largest absolute Gasteiger partial charge is 0.481 e. The summed E-state index contributed by atoms with van der Waals surface area (Å²) in [6.45, 7) is 0.158. The average Bonchev–Trinajstić information content (AvgIpc) is 3.08. The molecule has 9 nitrogen and oxygen atoms in total. The van der Waals surface area contributed by atoms with E-state index in [0.717, 1.165) is 11.1 Å². The molecule has 0 spiro atoms. The van der Waals surface area contributed by atoms with Crippen molar-refractivity contribution in [2.75, 3.05) is 6.26 Å². The summed E-state index contributed by atoms with van der Waals surface area (Å²) in [6.07, 6.45) is 4.07. The molecule has 1 heterocycles. The summed E-state index contributed by atoms with van der Waals surface area (Å²) >= 11 is 1.57. The van der Waals surface area contributed by atoms with Crippen LogP contribution in [0.2, 0.25) is 0 Å². The summed E-state index contributed by atoms with van der Waals surface area (Å²) in [7, 11) is 0. The summed E-state index contributed by atoms with van der Waals surface area (Å²) in [5.41, 5.74) is 0.552. The molecule has 1 aromatic carbocycles. The zero-order valence-electron chi connectivity index (χ0n) is 14.0. The predicted molar refractivity (Wildman–Crippen MR) is 94.9 cm³/mol. The Morgan fingerprint density at radius 1 is 1.38 bits per heavy atom. The van der Waals surface area contributed by atoms with E-state index < -0.39 is 16.9 Å². The Bertz CT molecular complexity index is 790. The number of hydrogen-bond donors (Lipinski definition) is 2. The number of aryl methyl sites for hydroxylation is 1. The van der Waals surface area contributed by atoms with Gasteiger partial charge in [0, 0.05) is 17.9 Å². The first-order valence-electron chi connectivity index (χ1n) is 7.71. The second-order valence-electron chi connectivity index (χ2n) is 5.46. The van der Waals surface area contributed by atoms with Gasteiger partial charge in [-0.05, 0) is 24.0 Å². The number of nitrogens with zero attached hydrogens (tertiary/aromatic N) is 3. The molecule has 10 heteroatoms. The van der Waals surface area contributed by atoms with Crippen molar-refractivity contribution >= 4 is 29.3 Å². The van der Waals surface area contributed by atoms with Gasteiger partial charge in [0.25, 0.3) is 0 Å². The third kappa shape index (κ3) is 5.59. The molecule has 2 rings (SSSR count). The molecule has 0 radical (unpaired) electrons. The van der Waals surface area contributed by atoms with Gasteiger partial charge in [0.05, 0.1) is 17.4 Å². The topological polar surface area (TPSA) is 127 Å². The van der Waals surface area contributed by atoms with Crippen molar-refractivity contribution in [2.24, 2.45) is 0 Å². The number of aromatic nitrogens is 2. The molecule has 1 atom stereocenters. The predicted octanol–water partition coefficient (Wildman–Crippen LogP) is 2.24. The van der Waals surface area contributed by atoms with E-state index >= 15 is 0 Å². The van der Waals surface area contributed by atoms with E-state index in [2.05, 4.69) is 10.4 Å². The minimum Gasteiger partial charge on any atom is -0.481 e. The fourth-order valence-electron chi connectivity index (χ4n) is 2.31. The number of thioether (sulfide) groups is 1. The molecule has 1 amide bonds. The summed E-state index contributed by atoms with van der Waals surface area (Å²) in [4.78, 5) is 34.4. The van der Waals surface area contributed by atoms with Crippen LogP contribution in [0.25, 0.3) is 0 Å². The van der Waals surface area contributed by atoms with Crippen LogP contribution in [-0.4, -0.2) is 37.9 Å². The molecule has 2 N–H and O–H groups in total. The standard InChI is InChI=1S/C16H18N4O5S/c1-26-13-4-2-11(3-5-13)14(8-16(22)23)18-15(21)6-7-19-10-12(9-17-19)20(24)25/h2-5,9-10,14H,6-8H2,1H3,(H,18,21)(H,22,23). The summed E-state index contributed by atoms with van der Waals surface area (Å²) < 4.78 is 1.30. The van der Waals surface area contributed by atoms with E-state index in [4.69, 9.17) is 5.11 Å². The van der Waals surface area contributed by atoms with Gasteiger partial charge in [-0.25, -0.2) is 0 Å². The lowest BCUT2D eigenvalue weighted by Gasteiger charge is -2.18. The number of carbonyl (C=O) groups is 2. The summed E-state index contributed by atoms with van der Waals surface area (Å²) in [6, 6.07) is 6.66. The lowest BCUT2D eigenvalue weighted by molar-refractivity contribution is -0.385. The molecule has 0 aliphatic carbocycles. The molecule has 0 aliphatic rings. The highest BCUT2D eigenvalue weighted by Gasteiger charge is 2.18. The van der Waals surface area contributed by atoms with E-state index in [0.29, 0.717) is 5.56 Å². The maximum absolute atomic E-state index is 12.2. The lowest BCUT2D eigenvalue weighted by atomic mass is 10.0. The number of amides is 1. The van der Waals surface area contributed by atoms with Crippen molar-refractivity contribution in [1.29, 1.82) is 0 Å². The van der Waals surface area contributed by atoms with Crippen molar-refractivity contribution in [3.63, 3.8) is 0 Å². The minimum absolute atomic E-state index is 0.0256. The smallest absolute Gasteiger partial charge is 0.306 e. The first kappa shape index (κ1) is 19.4. The van der Waals surface area contributed by atoms with Gasteiger partial charge in [0.1, 0.15) is 12.4 Å². The molecule has 0 bridgehead atoms. The van der Waals surface area contributed by atoms with Gasteiger partial charge in [-0.2, -0.15) is 5.10 Å². The number of aliphatic carboxylic acids is 1. The van der Waals surface area contributed by atoms with Gasteiger partial charge >= 0.3 is 11.7 Å². The quantitative estimate of drug-likeness (QED) is 0.389. The maximum atomic E-state index is 12.2. The Morgan fingerprint density at radius 2 is 2.08 bits per heavy atom. The number of benzene rings is 1. The molecular weight excluding hydrogens is 360 g/mol. The monoisotopic (exact) mass is 378 g/mol. The van der Waals surface area contributed by atoms with Gasteiger partial charge in [-0.15, -0.1) is 11.8 Å². The Kier molecular flexibility index (Phi) is 6.73. The van der Waals surface area contributed by atoms with Crippen LogP contribution >= 0.6 is 11.8 Å². The van der Waals surface area contributed by atoms with Gasteiger partial charge in [-0.1, -0.05) is 12.1 Å². The van der Waals surface area contributed by atoms with E-state index in [1.807, 2.05) is 18.4 Å². The Morgan fingerprint density at radius 3 is 2.62 bits per heavy atom. The van der Waals surface area contributed by atoms with Crippen molar-refractivity contribution in [1.82, 2.24) is 15.1 Å². The number of rotatable bonds is 9. The molecule has 0 saturated heterocycles. The number of nitrogens with one attached hydrogen (secondary N) is 1. The van der Waals surface area contributed by atoms with Crippen LogP contribution < -0.4 is 5.32 Å². The third-order valence-corrected chi connectivity index (χ3v) is 4.37. The lowest BCUT2D eigenvalue weighted by Crippen LogP contribution is -2.30. The molecule has 0 fully saturated rings. The van der Waals surface area contributed by atoms with Crippen LogP contribution in [-0.2, 0) is 16.1 Å². The second-order valence-corrected chi connectivity index (χ2v) is 6.34. The zero-order valence-corrected chi connectivity index (χ0v) is 14.8. The number of nitro groups is 1. The van der Waals surface area contributed by atoms with Crippen molar-refractivity contribution in [3.8, 4) is 0 Å². The summed E-state index contributed by atoms with van der Waals surface area (Å²) in [5.74, 6) is -1.38. The number of carbonyl (C=O) groups excluding carboxylic acids is 1. The highest BCUT2D eigenvalue weighted by molar-refractivity contribution is 7.98. The Balaban J connectivity index is 1.98. The first-order valence-corrected chi connectivity index (χ1v) is 8.93. The second kappa shape index (κ2) is 8.99. The number of carboxylic acids is 1. The fraction of sp³-hybridized carbons (Fsp3) is 0.312. The van der Waals surface area contributed by atoms with Crippen LogP contribution in [0.15, 0.2) is 41.6 Å². The van der Waals surface area contributed by atoms with Crippen LogP contribution in [0.3, 0.4) is 0 Å². The Hall–Kier alpha value is -2.88. The first-order chi connectivity index (χ1) is 12.4. The molecule has 0 aliphatic heterocycles. The third-order valence-electron chi connectivity index (χ3n) is 3.63. The SMILES string of the molecule is CSc1ccc(C(CC(=O)O)NC(=O)CCn2cc([N+](=O)[O-])cn2)cc1. The summed E-state index contributed by atoms with van der Waals surface area (Å²) in [5, 5.41) is 26.2. The van der Waals surface area contributed by atoms with Gasteiger partial charge in [0.2, 0.25) is 5.91 Å². The van der Waals surface area contributed by atoms with Gasteiger partial charge in [0.15, 0.2) is 0 Å². The van der Waals surface area contributed by atoms with Crippen LogP contribution in [0.1, 0.15) is 24.4 Å². The average molecular weight is 378 g/mol. The van der Waals surface area contributed by atoms with Crippen LogP contribution in [0, 0.1) is 10.1 Å².